The van der Waals surface area contributed by atoms with E-state index in [1.807, 2.05) is 66.3 Å². The van der Waals surface area contributed by atoms with Crippen LogP contribution in [0.2, 0.25) is 0 Å². The fourth-order valence-corrected chi connectivity index (χ4v) is 4.27. The molecule has 7 heteroatoms. The lowest BCUT2D eigenvalue weighted by molar-refractivity contribution is -0.125. The number of piperidine rings is 1. The minimum atomic E-state index is -0.0242. The monoisotopic (exact) mass is 381 g/mol. The van der Waals surface area contributed by atoms with E-state index in [-0.39, 0.29) is 17.9 Å². The Morgan fingerprint density at radius 1 is 1.15 bits per heavy atom. The van der Waals surface area contributed by atoms with Gasteiger partial charge in [-0.3, -0.25) is 9.36 Å². The zero-order chi connectivity index (χ0) is 18.6. The predicted molar refractivity (Wildman–Crippen MR) is 107 cm³/mol. The first-order valence-corrected chi connectivity index (χ1v) is 10.1. The molecule has 27 heavy (non-hydrogen) atoms. The molecule has 1 N–H and O–H groups in total. The fraction of sp³-hybridized carbons (Fsp3) is 0.350. The van der Waals surface area contributed by atoms with Crippen molar-refractivity contribution in [3.05, 3.63) is 60.4 Å². The average Bonchev–Trinajstić information content (AvgIpc) is 3.40. The molecule has 0 aliphatic carbocycles. The van der Waals surface area contributed by atoms with Gasteiger partial charge in [0.1, 0.15) is 0 Å². The molecule has 6 nitrogen and oxygen atoms in total. The number of benzene rings is 1. The zero-order valence-corrected chi connectivity index (χ0v) is 16.1. The van der Waals surface area contributed by atoms with E-state index in [0.717, 1.165) is 35.2 Å². The Morgan fingerprint density at radius 2 is 1.89 bits per heavy atom. The molecule has 1 aromatic carbocycles. The van der Waals surface area contributed by atoms with Crippen molar-refractivity contribution in [3.8, 4) is 5.13 Å². The van der Waals surface area contributed by atoms with E-state index in [1.165, 1.54) is 0 Å². The van der Waals surface area contributed by atoms with Crippen LogP contribution in [0.25, 0.3) is 5.13 Å². The molecule has 0 bridgehead atoms. The van der Waals surface area contributed by atoms with Gasteiger partial charge in [0.15, 0.2) is 0 Å². The molecule has 1 amide bonds. The molecule has 0 saturated carbocycles. The van der Waals surface area contributed by atoms with Crippen LogP contribution in [0.15, 0.2) is 54.9 Å². The van der Waals surface area contributed by atoms with Crippen molar-refractivity contribution in [1.29, 1.82) is 0 Å². The van der Waals surface area contributed by atoms with E-state index in [4.69, 9.17) is 0 Å². The number of amides is 1. The number of carbonyl (C=O) groups excluding carboxylic acids is 1. The maximum atomic E-state index is 12.8. The molecule has 3 heterocycles. The maximum absolute atomic E-state index is 12.8. The van der Waals surface area contributed by atoms with Crippen molar-refractivity contribution >= 4 is 22.4 Å². The minimum absolute atomic E-state index is 0.0101. The summed E-state index contributed by atoms with van der Waals surface area (Å²) in [4.78, 5) is 15.0. The molecule has 4 rings (SSSR count). The highest BCUT2D eigenvalue weighted by atomic mass is 32.1. The number of nitrogens with zero attached hydrogens (tertiary/aromatic N) is 4. The number of rotatable bonds is 5. The highest BCUT2D eigenvalue weighted by molar-refractivity contribution is 7.17. The largest absolute Gasteiger partial charge is 0.349 e. The van der Waals surface area contributed by atoms with Crippen molar-refractivity contribution in [3.63, 3.8) is 0 Å². The van der Waals surface area contributed by atoms with Crippen molar-refractivity contribution in [2.24, 2.45) is 5.92 Å². The van der Waals surface area contributed by atoms with Gasteiger partial charge in [-0.1, -0.05) is 41.7 Å². The highest BCUT2D eigenvalue weighted by Gasteiger charge is 2.28. The van der Waals surface area contributed by atoms with Gasteiger partial charge in [0.25, 0.3) is 0 Å². The lowest BCUT2D eigenvalue weighted by atomic mass is 9.96. The number of anilines is 1. The number of carbonyl (C=O) groups is 1. The lowest BCUT2D eigenvalue weighted by Crippen LogP contribution is -2.43. The summed E-state index contributed by atoms with van der Waals surface area (Å²) >= 11 is 1.56. The quantitative estimate of drug-likeness (QED) is 0.736. The van der Waals surface area contributed by atoms with E-state index >= 15 is 0 Å². The van der Waals surface area contributed by atoms with Crippen LogP contribution in [0.4, 0.5) is 5.13 Å². The first-order chi connectivity index (χ1) is 13.2. The van der Waals surface area contributed by atoms with Gasteiger partial charge in [0.05, 0.1) is 12.0 Å². The van der Waals surface area contributed by atoms with Crippen LogP contribution in [0.3, 0.4) is 0 Å². The summed E-state index contributed by atoms with van der Waals surface area (Å²) in [5.74, 6) is 0.0926. The summed E-state index contributed by atoms with van der Waals surface area (Å²) in [6.45, 7) is 3.63. The molecule has 1 fully saturated rings. The normalized spacial score (nSPS) is 18.3. The third-order valence-electron chi connectivity index (χ3n) is 4.95. The van der Waals surface area contributed by atoms with E-state index in [0.29, 0.717) is 6.54 Å². The second-order valence-corrected chi connectivity index (χ2v) is 7.82. The summed E-state index contributed by atoms with van der Waals surface area (Å²) in [5, 5.41) is 13.5. The van der Waals surface area contributed by atoms with Gasteiger partial charge in [-0.05, 0) is 37.5 Å². The molecule has 1 saturated heterocycles. The Bertz CT molecular complexity index is 877. The molecular formula is C20H23N5OS. The molecule has 2 atom stereocenters. The van der Waals surface area contributed by atoms with Gasteiger partial charge < -0.3 is 10.2 Å². The molecule has 0 spiro atoms. The van der Waals surface area contributed by atoms with E-state index < -0.39 is 0 Å². The summed E-state index contributed by atoms with van der Waals surface area (Å²) < 4.78 is 1.96. The molecule has 1 aliphatic heterocycles. The van der Waals surface area contributed by atoms with Crippen LogP contribution in [-0.4, -0.2) is 33.8 Å². The molecule has 3 aromatic rings. The van der Waals surface area contributed by atoms with Crippen molar-refractivity contribution < 1.29 is 4.79 Å². The predicted octanol–water partition coefficient (Wildman–Crippen LogP) is 3.42. The molecular weight excluding hydrogens is 358 g/mol. The summed E-state index contributed by atoms with van der Waals surface area (Å²) in [7, 11) is 0. The fourth-order valence-electron chi connectivity index (χ4n) is 3.42. The van der Waals surface area contributed by atoms with Crippen LogP contribution >= 0.6 is 11.3 Å². The van der Waals surface area contributed by atoms with Gasteiger partial charge in [0.2, 0.25) is 16.2 Å². The standard InChI is InChI=1S/C20H23N5OS/c1-15(16-8-3-2-4-9-16)21-18(26)17-10-7-13-25(14-17)20-23-22-19(27-20)24-11-5-6-12-24/h2-6,8-9,11-12,15,17H,7,10,13-14H2,1H3,(H,21,26)/t15-,17-/m0/s1. The first kappa shape index (κ1) is 17.7. The van der Waals surface area contributed by atoms with Crippen molar-refractivity contribution in [1.82, 2.24) is 20.1 Å². The van der Waals surface area contributed by atoms with Crippen LogP contribution in [0.5, 0.6) is 0 Å². The van der Waals surface area contributed by atoms with Gasteiger partial charge in [-0.2, -0.15) is 0 Å². The van der Waals surface area contributed by atoms with Crippen LogP contribution < -0.4 is 10.2 Å². The van der Waals surface area contributed by atoms with E-state index in [1.54, 1.807) is 11.3 Å². The maximum Gasteiger partial charge on any atom is 0.225 e. The SMILES string of the molecule is C[C@H](NC(=O)[C@H]1CCCN(c2nnc(-n3cccc3)s2)C1)c1ccccc1. The van der Waals surface area contributed by atoms with Gasteiger partial charge in [-0.15, -0.1) is 10.2 Å². The highest BCUT2D eigenvalue weighted by Crippen LogP contribution is 2.28. The lowest BCUT2D eigenvalue weighted by Gasteiger charge is -2.32. The van der Waals surface area contributed by atoms with Crippen molar-refractivity contribution in [2.75, 3.05) is 18.0 Å². The topological polar surface area (TPSA) is 63.1 Å². The number of hydrogen-bond acceptors (Lipinski definition) is 5. The van der Waals surface area contributed by atoms with Gasteiger partial charge in [0, 0.05) is 25.5 Å². The van der Waals surface area contributed by atoms with Gasteiger partial charge in [-0.25, -0.2) is 0 Å². The number of aromatic nitrogens is 3. The van der Waals surface area contributed by atoms with E-state index in [9.17, 15) is 4.79 Å². The van der Waals surface area contributed by atoms with Crippen molar-refractivity contribution in [2.45, 2.75) is 25.8 Å². The Morgan fingerprint density at radius 3 is 2.67 bits per heavy atom. The second-order valence-electron chi connectivity index (χ2n) is 6.88. The second kappa shape index (κ2) is 7.92. The number of hydrogen-bond donors (Lipinski definition) is 1. The Kier molecular flexibility index (Phi) is 5.20. The van der Waals surface area contributed by atoms with E-state index in [2.05, 4.69) is 20.4 Å². The Labute approximate surface area is 162 Å². The summed E-state index contributed by atoms with van der Waals surface area (Å²) in [6, 6.07) is 14.0. The Hall–Kier alpha value is -2.67. The summed E-state index contributed by atoms with van der Waals surface area (Å²) in [5.41, 5.74) is 1.12. The molecule has 2 aromatic heterocycles. The molecule has 0 unspecified atom stereocenters. The summed E-state index contributed by atoms with van der Waals surface area (Å²) in [6.07, 6.45) is 5.81. The molecule has 0 radical (unpaired) electrons. The first-order valence-electron chi connectivity index (χ1n) is 9.28. The zero-order valence-electron chi connectivity index (χ0n) is 15.3. The minimum Gasteiger partial charge on any atom is -0.349 e. The van der Waals surface area contributed by atoms with Gasteiger partial charge >= 0.3 is 0 Å². The molecule has 1 aliphatic rings. The third kappa shape index (κ3) is 4.03. The van der Waals surface area contributed by atoms with Crippen LogP contribution in [-0.2, 0) is 4.79 Å². The Balaban J connectivity index is 1.40. The molecule has 140 valence electrons. The van der Waals surface area contributed by atoms with Crippen LogP contribution in [0.1, 0.15) is 31.4 Å². The third-order valence-corrected chi connectivity index (χ3v) is 5.95. The average molecular weight is 382 g/mol. The number of nitrogens with one attached hydrogen (secondary N) is 1. The smallest absolute Gasteiger partial charge is 0.225 e. The van der Waals surface area contributed by atoms with Crippen LogP contribution in [0, 0.1) is 5.92 Å².